The summed E-state index contributed by atoms with van der Waals surface area (Å²) in [5, 5.41) is 39.8. The van der Waals surface area contributed by atoms with Crippen LogP contribution in [-0.4, -0.2) is 69.0 Å². The number of allylic oxidation sites excluding steroid dienone is 4. The quantitative estimate of drug-likeness (QED) is 0.0218. The molecule has 0 amide bonds. The average Bonchev–Trinajstić information content (AvgIpc) is 3.78. The van der Waals surface area contributed by atoms with E-state index in [4.69, 9.17) is 22.9 Å². The summed E-state index contributed by atoms with van der Waals surface area (Å²) in [5.74, 6) is 1.36. The van der Waals surface area contributed by atoms with Crippen molar-refractivity contribution in [2.45, 2.75) is 490 Å². The van der Waals surface area contributed by atoms with E-state index in [1.165, 1.54) is 289 Å². The molecular formula is C86H176N4O4. The molecule has 0 bridgehead atoms. The second-order valence-electron chi connectivity index (χ2n) is 29.6. The first-order chi connectivity index (χ1) is 45.6. The van der Waals surface area contributed by atoms with Gasteiger partial charge in [-0.3, -0.25) is 0 Å². The maximum atomic E-state index is 10.1. The highest BCUT2D eigenvalue weighted by molar-refractivity contribution is 4.96. The van der Waals surface area contributed by atoms with Crippen LogP contribution in [-0.2, 0) is 0 Å². The first kappa shape index (κ1) is 99.0. The Kier molecular flexibility index (Phi) is 88.5. The Morgan fingerprint density at radius 1 is 0.223 bits per heavy atom. The highest BCUT2D eigenvalue weighted by atomic mass is 16.3. The summed E-state index contributed by atoms with van der Waals surface area (Å²) in [5.41, 5.74) is 23.9. The zero-order chi connectivity index (χ0) is 70.4. The van der Waals surface area contributed by atoms with Crippen LogP contribution in [0.15, 0.2) is 48.6 Å². The van der Waals surface area contributed by atoms with E-state index in [9.17, 15) is 20.4 Å². The molecular weight excluding hydrogens is 1150 g/mol. The zero-order valence-corrected chi connectivity index (χ0v) is 65.5. The smallest absolute Gasteiger partial charge is 0.0871 e. The van der Waals surface area contributed by atoms with Crippen molar-refractivity contribution in [2.24, 2.45) is 34.8 Å². The second kappa shape index (κ2) is 84.1. The zero-order valence-electron chi connectivity index (χ0n) is 65.5. The number of aliphatic hydroxyl groups is 4. The number of hydrogen-bond acceptors (Lipinski definition) is 8. The molecule has 0 spiro atoms. The van der Waals surface area contributed by atoms with Crippen LogP contribution in [0.25, 0.3) is 0 Å². The molecule has 12 N–H and O–H groups in total. The molecule has 0 saturated heterocycles. The molecule has 0 aromatic carbocycles. The van der Waals surface area contributed by atoms with Crippen LogP contribution in [0.5, 0.6) is 0 Å². The second-order valence-corrected chi connectivity index (χ2v) is 29.6. The van der Waals surface area contributed by atoms with Crippen LogP contribution in [0.2, 0.25) is 0 Å². The fraction of sp³-hybridized carbons (Fsp3) is 0.907. The molecule has 8 nitrogen and oxygen atoms in total. The van der Waals surface area contributed by atoms with E-state index >= 15 is 0 Å². The Labute approximate surface area is 591 Å². The van der Waals surface area contributed by atoms with Crippen molar-refractivity contribution in [1.29, 1.82) is 0 Å². The molecule has 0 aliphatic carbocycles. The van der Waals surface area contributed by atoms with Crippen LogP contribution in [0.3, 0.4) is 0 Å². The maximum absolute atomic E-state index is 10.1. The van der Waals surface area contributed by atoms with Gasteiger partial charge in [0.15, 0.2) is 0 Å². The van der Waals surface area contributed by atoms with Gasteiger partial charge in [0.1, 0.15) is 0 Å². The highest BCUT2D eigenvalue weighted by Crippen LogP contribution is 2.19. The summed E-state index contributed by atoms with van der Waals surface area (Å²) < 4.78 is 0. The molecule has 0 aliphatic heterocycles. The lowest BCUT2D eigenvalue weighted by molar-refractivity contribution is 0.181. The third kappa shape index (κ3) is 83.1. The third-order valence-corrected chi connectivity index (χ3v) is 19.3. The van der Waals surface area contributed by atoms with Gasteiger partial charge in [-0.15, -0.1) is 0 Å². The van der Waals surface area contributed by atoms with Gasteiger partial charge in [-0.2, -0.15) is 0 Å². The largest absolute Gasteiger partial charge is 0.387 e. The van der Waals surface area contributed by atoms with Gasteiger partial charge in [-0.05, 0) is 102 Å². The first-order valence-electron chi connectivity index (χ1n) is 42.0. The standard InChI is InChI=1S/C23H47NO.C22H45NO.C21H43NO.C20H41NO/c1-4-6-7-8-9-10-11-12-13-14-15-16-17-18-23(25)22(24)20-19-21(3)5-2;1-4-5-6-7-8-9-10-11-12-13-14-15-16-17-22(24)21(23)19-18-20(2)3;1-3-5-7-8-9-10-11-12-13-14-15-16-17-19-21(23)20(22)18-6-4-2;1-3-5-6-7-8-9-10-11-12-13-14-15-16-18-20(22)19(21)17-4-2/h17-18,21-23,25H,4-16,19-20,24H2,1-3H3;16-17,20-22,24H,4-15,18-19,23H2,1-3H3;17,19-21,23H,3-16,18,22H2,1-2H3;16,18-20,22H,3-15,17,21H2,1-2H3/b18-17+;17-16+;19-17+;18-16+/t21?,22-,23+;21-,22+;20-,21+;19-,20+/m0000/s1. The Morgan fingerprint density at radius 3 is 0.638 bits per heavy atom. The topological polar surface area (TPSA) is 185 Å². The van der Waals surface area contributed by atoms with E-state index in [-0.39, 0.29) is 24.2 Å². The minimum absolute atomic E-state index is 0.0940. The van der Waals surface area contributed by atoms with Gasteiger partial charge in [0.05, 0.1) is 24.4 Å². The van der Waals surface area contributed by atoms with E-state index in [0.717, 1.165) is 83.5 Å². The van der Waals surface area contributed by atoms with Crippen molar-refractivity contribution in [1.82, 2.24) is 0 Å². The van der Waals surface area contributed by atoms with Crippen molar-refractivity contribution in [3.05, 3.63) is 48.6 Å². The van der Waals surface area contributed by atoms with Gasteiger partial charge < -0.3 is 43.4 Å². The normalized spacial score (nSPS) is 14.8. The Morgan fingerprint density at radius 2 is 0.426 bits per heavy atom. The summed E-state index contributed by atoms with van der Waals surface area (Å²) in [7, 11) is 0. The number of hydrogen-bond donors (Lipinski definition) is 8. The fourth-order valence-corrected chi connectivity index (χ4v) is 11.9. The fourth-order valence-electron chi connectivity index (χ4n) is 11.9. The Bertz CT molecular complexity index is 1490. The minimum atomic E-state index is -0.476. The molecule has 0 radical (unpaired) electrons. The van der Waals surface area contributed by atoms with Crippen molar-refractivity contribution < 1.29 is 20.4 Å². The molecule has 0 rings (SSSR count). The number of aliphatic hydroxyl groups excluding tert-OH is 4. The monoisotopic (exact) mass is 1330 g/mol. The third-order valence-electron chi connectivity index (χ3n) is 19.3. The SMILES string of the molecule is CCCCCCCCCCCCC/C=C/[C@@H](O)[C@@H](N)CCC.CCCCCCCCCCCCC/C=C/[C@@H](O)[C@@H](N)CCC(C)C.CCCCCCCCCCCCC/C=C/[C@@H](O)[C@@H](N)CCC(C)CC.CCCCCCCCCCCCC/C=C/[C@@H](O)[C@@H](N)CCCC. The molecule has 0 heterocycles. The van der Waals surface area contributed by atoms with Crippen molar-refractivity contribution in [3.63, 3.8) is 0 Å². The van der Waals surface area contributed by atoms with Crippen LogP contribution >= 0.6 is 0 Å². The van der Waals surface area contributed by atoms with Crippen LogP contribution in [0.1, 0.15) is 442 Å². The predicted molar refractivity (Wildman–Crippen MR) is 424 cm³/mol. The van der Waals surface area contributed by atoms with Crippen molar-refractivity contribution in [2.75, 3.05) is 0 Å². The summed E-state index contributed by atoms with van der Waals surface area (Å²) >= 11 is 0. The van der Waals surface area contributed by atoms with Crippen LogP contribution < -0.4 is 22.9 Å². The summed E-state index contributed by atoms with van der Waals surface area (Å²) in [6.07, 6.45) is 89.5. The van der Waals surface area contributed by atoms with Crippen molar-refractivity contribution in [3.8, 4) is 0 Å². The lowest BCUT2D eigenvalue weighted by Gasteiger charge is -2.17. The van der Waals surface area contributed by atoms with Gasteiger partial charge in [0.25, 0.3) is 0 Å². The molecule has 8 heteroatoms. The molecule has 1 unspecified atom stereocenters. The molecule has 564 valence electrons. The minimum Gasteiger partial charge on any atom is -0.387 e. The molecule has 0 saturated carbocycles. The lowest BCUT2D eigenvalue weighted by Crippen LogP contribution is -2.33. The van der Waals surface area contributed by atoms with E-state index in [2.05, 4.69) is 93.5 Å². The van der Waals surface area contributed by atoms with Gasteiger partial charge in [0, 0.05) is 24.2 Å². The van der Waals surface area contributed by atoms with Crippen molar-refractivity contribution >= 4 is 0 Å². The van der Waals surface area contributed by atoms with Gasteiger partial charge in [0.2, 0.25) is 0 Å². The summed E-state index contributed by atoms with van der Waals surface area (Å²) in [6.45, 7) is 22.2. The number of rotatable bonds is 68. The van der Waals surface area contributed by atoms with E-state index < -0.39 is 24.4 Å². The highest BCUT2D eigenvalue weighted by Gasteiger charge is 2.14. The molecule has 0 fully saturated rings. The van der Waals surface area contributed by atoms with Crippen LogP contribution in [0.4, 0.5) is 0 Å². The maximum Gasteiger partial charge on any atom is 0.0871 e. The van der Waals surface area contributed by atoms with Gasteiger partial charge in [-0.25, -0.2) is 0 Å². The Hall–Kier alpha value is -1.36. The van der Waals surface area contributed by atoms with E-state index in [1.54, 1.807) is 0 Å². The van der Waals surface area contributed by atoms with Gasteiger partial charge >= 0.3 is 0 Å². The van der Waals surface area contributed by atoms with Gasteiger partial charge in [-0.1, -0.05) is 400 Å². The summed E-state index contributed by atoms with van der Waals surface area (Å²) in [4.78, 5) is 0. The molecule has 0 aliphatic rings. The number of nitrogens with two attached hydrogens (primary N) is 4. The molecule has 9 atom stereocenters. The molecule has 94 heavy (non-hydrogen) atoms. The Balaban J connectivity index is -0.000000575. The number of unbranched alkanes of at least 4 members (excludes halogenated alkanes) is 45. The van der Waals surface area contributed by atoms with E-state index in [0.29, 0.717) is 11.8 Å². The molecule has 0 aromatic rings. The van der Waals surface area contributed by atoms with Crippen LogP contribution in [0, 0.1) is 11.8 Å². The summed E-state index contributed by atoms with van der Waals surface area (Å²) in [6, 6.07) is -0.411. The average molecular weight is 1330 g/mol. The molecule has 0 aromatic heterocycles. The first-order valence-corrected chi connectivity index (χ1v) is 42.0. The van der Waals surface area contributed by atoms with E-state index in [1.807, 2.05) is 24.3 Å². The lowest BCUT2D eigenvalue weighted by atomic mass is 9.97. The predicted octanol–water partition coefficient (Wildman–Crippen LogP) is 25.0.